The van der Waals surface area contributed by atoms with Crippen LogP contribution in [0.1, 0.15) is 26.7 Å². The van der Waals surface area contributed by atoms with Crippen LogP contribution in [0.15, 0.2) is 47.0 Å². The van der Waals surface area contributed by atoms with Crippen LogP contribution < -0.4 is 5.48 Å². The Balaban J connectivity index is 2.45. The van der Waals surface area contributed by atoms with Gasteiger partial charge in [0.1, 0.15) is 11.6 Å². The normalized spacial score (nSPS) is 11.5. The first kappa shape index (κ1) is 15.7. The summed E-state index contributed by atoms with van der Waals surface area (Å²) in [5.74, 6) is -1.03. The van der Waals surface area contributed by atoms with Crippen molar-refractivity contribution in [2.24, 2.45) is 0 Å². The number of rotatable bonds is 7. The first-order valence-electron chi connectivity index (χ1n) is 5.93. The van der Waals surface area contributed by atoms with Gasteiger partial charge in [0, 0.05) is 5.70 Å². The van der Waals surface area contributed by atoms with Gasteiger partial charge in [0.2, 0.25) is 0 Å². The van der Waals surface area contributed by atoms with Crippen LogP contribution in [0.5, 0.6) is 0 Å². The molecule has 104 valence electrons. The van der Waals surface area contributed by atoms with Crippen molar-refractivity contribution in [3.63, 3.8) is 0 Å². The summed E-state index contributed by atoms with van der Waals surface area (Å²) in [5, 5.41) is 0. The van der Waals surface area contributed by atoms with E-state index in [1.165, 1.54) is 0 Å². The minimum Gasteiger partial charge on any atom is -0.258 e. The molecule has 0 bridgehead atoms. The fourth-order valence-corrected chi connectivity index (χ4v) is 1.97. The summed E-state index contributed by atoms with van der Waals surface area (Å²) in [5.41, 5.74) is 4.38. The van der Waals surface area contributed by atoms with E-state index in [9.17, 15) is 8.78 Å². The predicted molar refractivity (Wildman–Crippen MR) is 74.2 cm³/mol. The van der Waals surface area contributed by atoms with E-state index in [0.29, 0.717) is 0 Å². The summed E-state index contributed by atoms with van der Waals surface area (Å²) in [6, 6.07) is 3.20. The summed E-state index contributed by atoms with van der Waals surface area (Å²) < 4.78 is 31.2. The van der Waals surface area contributed by atoms with Gasteiger partial charge in [0.05, 0.1) is 16.9 Å². The molecule has 0 aromatic heterocycles. The van der Waals surface area contributed by atoms with Gasteiger partial charge in [-0.15, -0.1) is 0 Å². The second-order valence-corrected chi connectivity index (χ2v) is 4.85. The molecule has 0 aliphatic rings. The zero-order valence-electron chi connectivity index (χ0n) is 11.0. The second kappa shape index (κ2) is 7.96. The molecular weight excluding hydrogens is 268 g/mol. The Bertz CT molecular complexity index is 475. The van der Waals surface area contributed by atoms with Gasteiger partial charge >= 0.3 is 0 Å². The average Bonchev–Trinajstić information content (AvgIpc) is 2.33. The Morgan fingerprint density at radius 3 is 2.89 bits per heavy atom. The van der Waals surface area contributed by atoms with Crippen molar-refractivity contribution >= 4 is 12.0 Å². The Hall–Kier alpha value is -1.33. The van der Waals surface area contributed by atoms with Crippen LogP contribution in [0, 0.1) is 11.6 Å². The number of halogens is 2. The Morgan fingerprint density at radius 2 is 2.21 bits per heavy atom. The molecule has 0 unspecified atom stereocenters. The van der Waals surface area contributed by atoms with Crippen LogP contribution >= 0.6 is 12.0 Å². The average molecular weight is 285 g/mol. The topological polar surface area (TPSA) is 21.3 Å². The molecule has 0 heterocycles. The fourth-order valence-electron chi connectivity index (χ4n) is 1.40. The SMILES string of the molecule is C=C(/C=C(\C)NOSc1cc(F)ccc1F)CCC. The lowest BCUT2D eigenvalue weighted by atomic mass is 10.1. The molecule has 0 spiro atoms. The summed E-state index contributed by atoms with van der Waals surface area (Å²) in [7, 11) is 0. The van der Waals surface area contributed by atoms with Crippen molar-refractivity contribution in [3.05, 3.63) is 53.8 Å². The van der Waals surface area contributed by atoms with E-state index in [0.717, 1.165) is 54.4 Å². The molecule has 5 heteroatoms. The van der Waals surface area contributed by atoms with E-state index in [4.69, 9.17) is 4.28 Å². The maximum absolute atomic E-state index is 13.3. The third-order valence-electron chi connectivity index (χ3n) is 2.22. The summed E-state index contributed by atoms with van der Waals surface area (Å²) >= 11 is 0.733. The highest BCUT2D eigenvalue weighted by Crippen LogP contribution is 2.22. The standard InChI is InChI=1S/C14H17F2NOS/c1-4-5-10(2)8-11(3)17-18-19-14-9-12(15)6-7-13(14)16/h6-9,17H,2,4-5H2,1,3H3/b11-8+. The second-order valence-electron chi connectivity index (χ2n) is 4.08. The van der Waals surface area contributed by atoms with E-state index >= 15 is 0 Å². The highest BCUT2D eigenvalue weighted by atomic mass is 32.2. The quantitative estimate of drug-likeness (QED) is 0.443. The number of allylic oxidation sites excluding steroid dienone is 3. The first-order chi connectivity index (χ1) is 9.02. The lowest BCUT2D eigenvalue weighted by Crippen LogP contribution is -2.07. The first-order valence-corrected chi connectivity index (χ1v) is 6.67. The highest BCUT2D eigenvalue weighted by Gasteiger charge is 2.05. The Labute approximate surface area is 116 Å². The maximum Gasteiger partial charge on any atom is 0.139 e. The number of benzene rings is 1. The molecule has 0 radical (unpaired) electrons. The molecule has 19 heavy (non-hydrogen) atoms. The van der Waals surface area contributed by atoms with Gasteiger partial charge in [-0.1, -0.05) is 25.5 Å². The summed E-state index contributed by atoms with van der Waals surface area (Å²) in [6.07, 6.45) is 3.78. The van der Waals surface area contributed by atoms with Crippen LogP contribution in [-0.4, -0.2) is 0 Å². The van der Waals surface area contributed by atoms with Gasteiger partial charge in [-0.2, -0.15) is 4.28 Å². The molecule has 0 atom stereocenters. The van der Waals surface area contributed by atoms with Crippen molar-refractivity contribution in [2.75, 3.05) is 0 Å². The van der Waals surface area contributed by atoms with E-state index in [2.05, 4.69) is 19.0 Å². The molecule has 0 amide bonds. The highest BCUT2D eigenvalue weighted by molar-refractivity contribution is 7.94. The van der Waals surface area contributed by atoms with Gasteiger partial charge in [-0.25, -0.2) is 8.78 Å². The van der Waals surface area contributed by atoms with Crippen LogP contribution in [0.2, 0.25) is 0 Å². The molecule has 1 aromatic carbocycles. The third kappa shape index (κ3) is 5.89. The third-order valence-corrected chi connectivity index (χ3v) is 2.88. The molecule has 2 nitrogen and oxygen atoms in total. The van der Waals surface area contributed by atoms with E-state index in [-0.39, 0.29) is 4.90 Å². The lowest BCUT2D eigenvalue weighted by Gasteiger charge is -2.07. The van der Waals surface area contributed by atoms with E-state index in [1.807, 2.05) is 13.0 Å². The Morgan fingerprint density at radius 1 is 1.47 bits per heavy atom. The van der Waals surface area contributed by atoms with Crippen molar-refractivity contribution in [1.29, 1.82) is 0 Å². The van der Waals surface area contributed by atoms with E-state index < -0.39 is 11.6 Å². The zero-order chi connectivity index (χ0) is 14.3. The Kier molecular flexibility index (Phi) is 6.59. The minimum atomic E-state index is -0.523. The molecule has 0 saturated heterocycles. The molecule has 0 fully saturated rings. The van der Waals surface area contributed by atoms with Crippen molar-refractivity contribution in [2.45, 2.75) is 31.6 Å². The van der Waals surface area contributed by atoms with Crippen LogP contribution in [0.25, 0.3) is 0 Å². The molecule has 0 aliphatic carbocycles. The molecular formula is C14H17F2NOS. The molecule has 1 aromatic rings. The maximum atomic E-state index is 13.3. The predicted octanol–water partition coefficient (Wildman–Crippen LogP) is 4.75. The largest absolute Gasteiger partial charge is 0.258 e. The minimum absolute atomic E-state index is 0.0904. The number of hydroxylamine groups is 1. The van der Waals surface area contributed by atoms with Gasteiger partial charge in [-0.3, -0.25) is 5.48 Å². The summed E-state index contributed by atoms with van der Waals surface area (Å²) in [6.45, 7) is 7.77. The fraction of sp³-hybridized carbons (Fsp3) is 0.286. The summed E-state index contributed by atoms with van der Waals surface area (Å²) in [4.78, 5) is 0.0904. The monoisotopic (exact) mass is 285 g/mol. The number of hydrogen-bond donors (Lipinski definition) is 1. The van der Waals surface area contributed by atoms with Crippen molar-refractivity contribution in [1.82, 2.24) is 5.48 Å². The van der Waals surface area contributed by atoms with Gasteiger partial charge in [0.15, 0.2) is 0 Å². The van der Waals surface area contributed by atoms with Crippen molar-refractivity contribution < 1.29 is 13.1 Å². The number of nitrogens with one attached hydrogen (secondary N) is 1. The van der Waals surface area contributed by atoms with Crippen LogP contribution in [0.3, 0.4) is 0 Å². The zero-order valence-corrected chi connectivity index (χ0v) is 11.8. The van der Waals surface area contributed by atoms with E-state index in [1.54, 1.807) is 0 Å². The lowest BCUT2D eigenvalue weighted by molar-refractivity contribution is 0.276. The number of hydrogen-bond acceptors (Lipinski definition) is 3. The molecule has 1 rings (SSSR count). The molecule has 0 aliphatic heterocycles. The van der Waals surface area contributed by atoms with Gasteiger partial charge in [0.25, 0.3) is 0 Å². The van der Waals surface area contributed by atoms with Crippen molar-refractivity contribution in [3.8, 4) is 0 Å². The van der Waals surface area contributed by atoms with Gasteiger partial charge in [-0.05, 0) is 37.6 Å². The van der Waals surface area contributed by atoms with Gasteiger partial charge < -0.3 is 0 Å². The van der Waals surface area contributed by atoms with Crippen LogP contribution in [0.4, 0.5) is 8.78 Å². The molecule has 1 N–H and O–H groups in total. The van der Waals surface area contributed by atoms with Crippen LogP contribution in [-0.2, 0) is 4.28 Å². The smallest absolute Gasteiger partial charge is 0.139 e. The molecule has 0 saturated carbocycles.